The lowest BCUT2D eigenvalue weighted by molar-refractivity contribution is 0.201. The average molecular weight is 314 g/mol. The second kappa shape index (κ2) is 8.02. The van der Waals surface area contributed by atoms with Crippen LogP contribution in [0.3, 0.4) is 0 Å². The summed E-state index contributed by atoms with van der Waals surface area (Å²) in [5.41, 5.74) is 2.34. The van der Waals surface area contributed by atoms with Crippen LogP contribution >= 0.6 is 11.6 Å². The van der Waals surface area contributed by atoms with Gasteiger partial charge in [-0.25, -0.2) is 0 Å². The Morgan fingerprint density at radius 1 is 1.33 bits per heavy atom. The van der Waals surface area contributed by atoms with E-state index in [0.29, 0.717) is 13.1 Å². The molecule has 0 spiro atoms. The first-order valence-electron chi connectivity index (χ1n) is 7.49. The Balaban J connectivity index is 3.02. The Labute approximate surface area is 133 Å². The zero-order valence-corrected chi connectivity index (χ0v) is 14.6. The van der Waals surface area contributed by atoms with Crippen LogP contribution in [0.15, 0.2) is 18.2 Å². The highest BCUT2D eigenvalue weighted by Gasteiger charge is 2.21. The summed E-state index contributed by atoms with van der Waals surface area (Å²) in [6.07, 6.45) is 0. The number of aliphatic hydroxyl groups is 1. The van der Waals surface area contributed by atoms with Crippen molar-refractivity contribution in [2.24, 2.45) is 0 Å². The lowest BCUT2D eigenvalue weighted by atomic mass is 9.85. The molecule has 0 aliphatic rings. The van der Waals surface area contributed by atoms with Gasteiger partial charge in [0.05, 0.1) is 19.1 Å². The molecule has 1 aromatic rings. The summed E-state index contributed by atoms with van der Waals surface area (Å²) in [4.78, 5) is 2.14. The third-order valence-electron chi connectivity index (χ3n) is 3.72. The molecule has 0 saturated heterocycles. The maximum Gasteiger partial charge on any atom is 0.123 e. The molecule has 0 fully saturated rings. The van der Waals surface area contributed by atoms with Crippen LogP contribution in [0.5, 0.6) is 5.75 Å². The van der Waals surface area contributed by atoms with Crippen LogP contribution in [0.2, 0.25) is 0 Å². The van der Waals surface area contributed by atoms with Crippen LogP contribution in [0, 0.1) is 0 Å². The number of ether oxygens (including phenoxy) is 1. The summed E-state index contributed by atoms with van der Waals surface area (Å²) in [6, 6.07) is 6.23. The average Bonchev–Trinajstić information content (AvgIpc) is 2.44. The molecule has 0 saturated carbocycles. The van der Waals surface area contributed by atoms with Crippen molar-refractivity contribution >= 4 is 11.6 Å². The summed E-state index contributed by atoms with van der Waals surface area (Å²) in [6.45, 7) is 11.0. The van der Waals surface area contributed by atoms with Crippen LogP contribution in [0.1, 0.15) is 44.2 Å². The number of hydrogen-bond donors (Lipinski definition) is 1. The van der Waals surface area contributed by atoms with E-state index in [2.05, 4.69) is 44.7 Å². The van der Waals surface area contributed by atoms with E-state index >= 15 is 0 Å². The molecule has 0 radical (unpaired) electrons. The van der Waals surface area contributed by atoms with E-state index in [1.807, 2.05) is 6.07 Å². The van der Waals surface area contributed by atoms with Crippen molar-refractivity contribution in [2.75, 3.05) is 33.4 Å². The van der Waals surface area contributed by atoms with Gasteiger partial charge in [-0.3, -0.25) is 4.90 Å². The van der Waals surface area contributed by atoms with Gasteiger partial charge < -0.3 is 9.84 Å². The van der Waals surface area contributed by atoms with Crippen LogP contribution in [0.4, 0.5) is 0 Å². The lowest BCUT2D eigenvalue weighted by Crippen LogP contribution is -2.30. The van der Waals surface area contributed by atoms with Gasteiger partial charge in [0.25, 0.3) is 0 Å². The molecule has 0 heterocycles. The quantitative estimate of drug-likeness (QED) is 0.781. The molecule has 1 atom stereocenters. The fraction of sp³-hybridized carbons (Fsp3) is 0.647. The van der Waals surface area contributed by atoms with E-state index in [0.717, 1.165) is 17.9 Å². The number of aliphatic hydroxyl groups excluding tert-OH is 1. The fourth-order valence-corrected chi connectivity index (χ4v) is 2.66. The Kier molecular flexibility index (Phi) is 6.98. The molecule has 1 N–H and O–H groups in total. The molecule has 0 bridgehead atoms. The van der Waals surface area contributed by atoms with E-state index in [1.54, 1.807) is 7.11 Å². The lowest BCUT2D eigenvalue weighted by Gasteiger charge is -2.26. The molecule has 0 aromatic heterocycles. The van der Waals surface area contributed by atoms with Crippen LogP contribution in [0.25, 0.3) is 0 Å². The Morgan fingerprint density at radius 2 is 2.00 bits per heavy atom. The summed E-state index contributed by atoms with van der Waals surface area (Å²) >= 11 is 6.62. The van der Waals surface area contributed by atoms with Gasteiger partial charge in [-0.1, -0.05) is 39.8 Å². The Morgan fingerprint density at radius 3 is 2.48 bits per heavy atom. The SMILES string of the molecule is CCN(CCO)CC(Cl)c1cc(C(C)(C)C)ccc1OC. The van der Waals surface area contributed by atoms with Crippen molar-refractivity contribution in [3.63, 3.8) is 0 Å². The number of hydrogen-bond acceptors (Lipinski definition) is 3. The van der Waals surface area contributed by atoms with Crippen molar-refractivity contribution in [3.8, 4) is 5.75 Å². The molecule has 3 nitrogen and oxygen atoms in total. The van der Waals surface area contributed by atoms with E-state index < -0.39 is 0 Å². The molecular formula is C17H28ClNO2. The van der Waals surface area contributed by atoms with Crippen LogP contribution < -0.4 is 4.74 Å². The molecular weight excluding hydrogens is 286 g/mol. The number of rotatable bonds is 7. The molecule has 120 valence electrons. The maximum atomic E-state index is 9.09. The van der Waals surface area contributed by atoms with E-state index in [9.17, 15) is 0 Å². The van der Waals surface area contributed by atoms with Crippen LogP contribution in [-0.2, 0) is 5.41 Å². The number of likely N-dealkylation sites (N-methyl/N-ethyl adjacent to an activating group) is 1. The minimum atomic E-state index is -0.159. The summed E-state index contributed by atoms with van der Waals surface area (Å²) < 4.78 is 5.46. The molecule has 1 aromatic carbocycles. The topological polar surface area (TPSA) is 32.7 Å². The third-order valence-corrected chi connectivity index (χ3v) is 4.09. The van der Waals surface area contributed by atoms with Gasteiger partial charge in [0, 0.05) is 18.7 Å². The number of nitrogens with zero attached hydrogens (tertiary/aromatic N) is 1. The molecule has 0 aliphatic heterocycles. The second-order valence-corrected chi connectivity index (χ2v) is 6.82. The molecule has 21 heavy (non-hydrogen) atoms. The van der Waals surface area contributed by atoms with Gasteiger partial charge in [0.15, 0.2) is 0 Å². The van der Waals surface area contributed by atoms with Gasteiger partial charge in [0.2, 0.25) is 0 Å². The minimum absolute atomic E-state index is 0.0766. The standard InChI is InChI=1S/C17H28ClNO2/c1-6-19(9-10-20)12-15(18)14-11-13(17(2,3)4)7-8-16(14)21-5/h7-8,11,15,20H,6,9-10,12H2,1-5H3. The molecule has 0 aliphatic carbocycles. The zero-order chi connectivity index (χ0) is 16.0. The van der Waals surface area contributed by atoms with Crippen molar-refractivity contribution in [1.29, 1.82) is 0 Å². The van der Waals surface area contributed by atoms with E-state index in [1.165, 1.54) is 5.56 Å². The first-order valence-corrected chi connectivity index (χ1v) is 7.92. The predicted octanol–water partition coefficient (Wildman–Crippen LogP) is 3.59. The van der Waals surface area contributed by atoms with Gasteiger partial charge in [0.1, 0.15) is 5.75 Å². The van der Waals surface area contributed by atoms with Gasteiger partial charge >= 0.3 is 0 Å². The highest BCUT2D eigenvalue weighted by molar-refractivity contribution is 6.21. The monoisotopic (exact) mass is 313 g/mol. The maximum absolute atomic E-state index is 9.09. The van der Waals surface area contributed by atoms with Crippen molar-refractivity contribution in [3.05, 3.63) is 29.3 Å². The van der Waals surface area contributed by atoms with E-state index in [-0.39, 0.29) is 17.4 Å². The third kappa shape index (κ3) is 5.17. The smallest absolute Gasteiger partial charge is 0.123 e. The molecule has 4 heteroatoms. The summed E-state index contributed by atoms with van der Waals surface area (Å²) in [7, 11) is 1.67. The van der Waals surface area contributed by atoms with Gasteiger partial charge in [-0.2, -0.15) is 0 Å². The highest BCUT2D eigenvalue weighted by atomic mass is 35.5. The number of methoxy groups -OCH3 is 1. The fourth-order valence-electron chi connectivity index (χ4n) is 2.29. The van der Waals surface area contributed by atoms with Gasteiger partial charge in [-0.05, 0) is 23.6 Å². The van der Waals surface area contributed by atoms with Crippen LogP contribution in [-0.4, -0.2) is 43.4 Å². The normalized spacial score (nSPS) is 13.5. The molecule has 1 unspecified atom stereocenters. The summed E-state index contributed by atoms with van der Waals surface area (Å²) in [5.74, 6) is 0.822. The largest absolute Gasteiger partial charge is 0.496 e. The van der Waals surface area contributed by atoms with Crippen molar-refractivity contribution in [2.45, 2.75) is 38.5 Å². The predicted molar refractivity (Wildman–Crippen MR) is 89.5 cm³/mol. The zero-order valence-electron chi connectivity index (χ0n) is 13.8. The molecule has 1 rings (SSSR count). The second-order valence-electron chi connectivity index (χ2n) is 6.29. The van der Waals surface area contributed by atoms with Gasteiger partial charge in [-0.15, -0.1) is 11.6 Å². The van der Waals surface area contributed by atoms with E-state index in [4.69, 9.17) is 21.4 Å². The van der Waals surface area contributed by atoms with Crippen molar-refractivity contribution in [1.82, 2.24) is 4.90 Å². The summed E-state index contributed by atoms with van der Waals surface area (Å²) in [5, 5.41) is 8.93. The highest BCUT2D eigenvalue weighted by Crippen LogP contribution is 2.34. The van der Waals surface area contributed by atoms with Crippen molar-refractivity contribution < 1.29 is 9.84 Å². The Hall–Kier alpha value is -0.770. The first-order chi connectivity index (χ1) is 9.83. The molecule has 0 amide bonds. The number of halogens is 1. The number of benzene rings is 1. The minimum Gasteiger partial charge on any atom is -0.496 e. The first kappa shape index (κ1) is 18.3. The number of alkyl halides is 1. The Bertz CT molecular complexity index is 443.